The Labute approximate surface area is 102 Å². The zero-order chi connectivity index (χ0) is 11.7. The molecule has 1 nitrogen and oxygen atoms in total. The molecule has 2 aliphatic carbocycles. The maximum atomic E-state index is 12.2. The number of ketones is 1. The average Bonchev–Trinajstić information content (AvgIpc) is 2.68. The third kappa shape index (κ3) is 1.97. The van der Waals surface area contributed by atoms with Crippen LogP contribution < -0.4 is 0 Å². The van der Waals surface area contributed by atoms with Crippen LogP contribution in [0.5, 0.6) is 0 Å². The number of Topliss-reactive ketones (excluding diaryl/α,β-unsaturated/α-hetero) is 1. The van der Waals surface area contributed by atoms with E-state index in [0.717, 1.165) is 30.4 Å². The Hall–Kier alpha value is -1.63. The van der Waals surface area contributed by atoms with Gasteiger partial charge in [-0.25, -0.2) is 0 Å². The first-order valence-corrected chi connectivity index (χ1v) is 6.33. The van der Waals surface area contributed by atoms with Crippen LogP contribution >= 0.6 is 0 Å². The fourth-order valence-electron chi connectivity index (χ4n) is 2.74. The fourth-order valence-corrected chi connectivity index (χ4v) is 2.74. The molecule has 0 radical (unpaired) electrons. The second-order valence-electron chi connectivity index (χ2n) is 4.90. The van der Waals surface area contributed by atoms with E-state index in [0.29, 0.717) is 5.92 Å². The van der Waals surface area contributed by atoms with E-state index < -0.39 is 0 Å². The predicted molar refractivity (Wildman–Crippen MR) is 69.0 cm³/mol. The van der Waals surface area contributed by atoms with Gasteiger partial charge in [0, 0.05) is 17.6 Å². The van der Waals surface area contributed by atoms with Gasteiger partial charge >= 0.3 is 0 Å². The minimum absolute atomic E-state index is 0.246. The number of hydrogen-bond acceptors (Lipinski definition) is 1. The average molecular weight is 224 g/mol. The number of rotatable bonds is 1. The lowest BCUT2D eigenvalue weighted by Crippen LogP contribution is -2.03. The van der Waals surface area contributed by atoms with Crippen molar-refractivity contribution in [3.05, 3.63) is 59.2 Å². The second-order valence-corrected chi connectivity index (χ2v) is 4.90. The van der Waals surface area contributed by atoms with Gasteiger partial charge in [-0.15, -0.1) is 0 Å². The summed E-state index contributed by atoms with van der Waals surface area (Å²) in [5.74, 6) is 0.809. The van der Waals surface area contributed by atoms with Gasteiger partial charge in [0.15, 0.2) is 5.78 Å². The Morgan fingerprint density at radius 1 is 1.18 bits per heavy atom. The molecule has 1 aromatic rings. The summed E-state index contributed by atoms with van der Waals surface area (Å²) in [6.45, 7) is 0. The molecular formula is C16H16O. The minimum Gasteiger partial charge on any atom is -0.289 e. The number of carbonyl (C=O) groups excluding carboxylic acids is 1. The Kier molecular flexibility index (Phi) is 2.68. The molecule has 1 heteroatoms. The summed E-state index contributed by atoms with van der Waals surface area (Å²) < 4.78 is 0. The van der Waals surface area contributed by atoms with Crippen LogP contribution in [0.2, 0.25) is 0 Å². The number of fused-ring (bicyclic) bond motifs is 1. The van der Waals surface area contributed by atoms with Gasteiger partial charge in [-0.3, -0.25) is 4.79 Å². The summed E-state index contributed by atoms with van der Waals surface area (Å²) in [4.78, 5) is 12.2. The molecule has 0 bridgehead atoms. The van der Waals surface area contributed by atoms with Crippen molar-refractivity contribution in [2.24, 2.45) is 5.92 Å². The molecule has 17 heavy (non-hydrogen) atoms. The molecule has 1 aromatic carbocycles. The van der Waals surface area contributed by atoms with Crippen molar-refractivity contribution in [3.8, 4) is 0 Å². The molecule has 1 unspecified atom stereocenters. The molecule has 0 heterocycles. The molecular weight excluding hydrogens is 208 g/mol. The summed E-state index contributed by atoms with van der Waals surface area (Å²) >= 11 is 0. The number of allylic oxidation sites excluding steroid dienone is 4. The normalized spacial score (nSPS) is 25.3. The molecule has 0 spiro atoms. The molecule has 0 saturated carbocycles. The van der Waals surface area contributed by atoms with E-state index in [1.165, 1.54) is 12.0 Å². The van der Waals surface area contributed by atoms with E-state index in [1.807, 2.05) is 18.2 Å². The zero-order valence-electron chi connectivity index (χ0n) is 9.86. The van der Waals surface area contributed by atoms with E-state index in [9.17, 15) is 4.79 Å². The highest BCUT2D eigenvalue weighted by Crippen LogP contribution is 2.29. The van der Waals surface area contributed by atoms with Crippen molar-refractivity contribution in [3.63, 3.8) is 0 Å². The van der Waals surface area contributed by atoms with Gasteiger partial charge in [0.05, 0.1) is 0 Å². The van der Waals surface area contributed by atoms with E-state index in [4.69, 9.17) is 0 Å². The lowest BCUT2D eigenvalue weighted by molar-refractivity contribution is 0.103. The first kappa shape index (κ1) is 10.5. The van der Waals surface area contributed by atoms with Crippen LogP contribution in [0.4, 0.5) is 0 Å². The molecule has 0 aromatic heterocycles. The molecule has 0 saturated heterocycles. The van der Waals surface area contributed by atoms with Crippen molar-refractivity contribution in [2.45, 2.75) is 25.7 Å². The maximum absolute atomic E-state index is 12.2. The summed E-state index contributed by atoms with van der Waals surface area (Å²) in [5, 5.41) is 0. The molecule has 0 fully saturated rings. The van der Waals surface area contributed by atoms with Crippen LogP contribution in [0.1, 0.15) is 35.2 Å². The van der Waals surface area contributed by atoms with Gasteiger partial charge in [-0.1, -0.05) is 42.5 Å². The van der Waals surface area contributed by atoms with Crippen molar-refractivity contribution < 1.29 is 4.79 Å². The Bertz CT molecular complexity index is 508. The van der Waals surface area contributed by atoms with E-state index in [-0.39, 0.29) is 5.78 Å². The maximum Gasteiger partial charge on any atom is 0.189 e. The van der Waals surface area contributed by atoms with Gasteiger partial charge in [0.25, 0.3) is 0 Å². The quantitative estimate of drug-likeness (QED) is 0.525. The monoisotopic (exact) mass is 224 g/mol. The minimum atomic E-state index is 0.246. The van der Waals surface area contributed by atoms with Crippen LogP contribution in [0.25, 0.3) is 0 Å². The summed E-state index contributed by atoms with van der Waals surface area (Å²) in [6, 6.07) is 7.97. The van der Waals surface area contributed by atoms with Gasteiger partial charge in [-0.05, 0) is 30.7 Å². The van der Waals surface area contributed by atoms with Crippen LogP contribution in [0, 0.1) is 5.92 Å². The molecule has 2 aliphatic rings. The molecule has 86 valence electrons. The first-order valence-electron chi connectivity index (χ1n) is 6.33. The van der Waals surface area contributed by atoms with Gasteiger partial charge in [0.1, 0.15) is 0 Å². The van der Waals surface area contributed by atoms with Crippen LogP contribution in [0.15, 0.2) is 48.1 Å². The third-order valence-electron chi connectivity index (χ3n) is 3.68. The van der Waals surface area contributed by atoms with Crippen molar-refractivity contribution >= 4 is 5.78 Å². The third-order valence-corrected chi connectivity index (χ3v) is 3.68. The van der Waals surface area contributed by atoms with Gasteiger partial charge in [0.2, 0.25) is 0 Å². The molecule has 1 atom stereocenters. The fraction of sp³-hybridized carbons (Fsp3) is 0.312. The van der Waals surface area contributed by atoms with Gasteiger partial charge < -0.3 is 0 Å². The lowest BCUT2D eigenvalue weighted by atomic mass is 9.91. The highest BCUT2D eigenvalue weighted by atomic mass is 16.1. The number of carbonyl (C=O) groups is 1. The van der Waals surface area contributed by atoms with Crippen molar-refractivity contribution in [1.29, 1.82) is 0 Å². The Morgan fingerprint density at radius 3 is 2.82 bits per heavy atom. The SMILES string of the molecule is O=C1/C(=C\C2CC=CCC2)Cc2ccccc21. The first-order chi connectivity index (χ1) is 8.34. The zero-order valence-corrected chi connectivity index (χ0v) is 9.86. The van der Waals surface area contributed by atoms with Crippen LogP contribution in [-0.4, -0.2) is 5.78 Å². The molecule has 0 N–H and O–H groups in total. The molecule has 0 aliphatic heterocycles. The summed E-state index contributed by atoms with van der Waals surface area (Å²) in [5.41, 5.74) is 3.10. The predicted octanol–water partition coefficient (Wildman–Crippen LogP) is 3.71. The molecule has 0 amide bonds. The Balaban J connectivity index is 1.86. The van der Waals surface area contributed by atoms with Crippen LogP contribution in [0.3, 0.4) is 0 Å². The highest BCUT2D eigenvalue weighted by molar-refractivity contribution is 6.13. The standard InChI is InChI=1S/C16H16O/c17-16-14(10-12-6-2-1-3-7-12)11-13-8-4-5-9-15(13)16/h1-2,4-5,8-10,12H,3,6-7,11H2/b14-10-. The van der Waals surface area contributed by atoms with Crippen molar-refractivity contribution in [2.75, 3.05) is 0 Å². The van der Waals surface area contributed by atoms with Gasteiger partial charge in [-0.2, -0.15) is 0 Å². The second kappa shape index (κ2) is 4.33. The largest absolute Gasteiger partial charge is 0.289 e. The molecule has 3 rings (SSSR count). The summed E-state index contributed by atoms with van der Waals surface area (Å²) in [6.07, 6.45) is 10.9. The highest BCUT2D eigenvalue weighted by Gasteiger charge is 2.24. The number of hydrogen-bond donors (Lipinski definition) is 0. The van der Waals surface area contributed by atoms with Crippen molar-refractivity contribution in [1.82, 2.24) is 0 Å². The number of benzene rings is 1. The summed E-state index contributed by atoms with van der Waals surface area (Å²) in [7, 11) is 0. The van der Waals surface area contributed by atoms with Crippen LogP contribution in [-0.2, 0) is 6.42 Å². The Morgan fingerprint density at radius 2 is 2.06 bits per heavy atom. The van der Waals surface area contributed by atoms with E-state index in [1.54, 1.807) is 0 Å². The topological polar surface area (TPSA) is 17.1 Å². The smallest absolute Gasteiger partial charge is 0.189 e. The van der Waals surface area contributed by atoms with E-state index in [2.05, 4.69) is 24.3 Å². The van der Waals surface area contributed by atoms with E-state index >= 15 is 0 Å². The lowest BCUT2D eigenvalue weighted by Gasteiger charge is -2.13.